The number of carbonyl (C=O) groups excluding carboxylic acids is 1. The van der Waals surface area contributed by atoms with E-state index in [0.29, 0.717) is 6.07 Å². The summed E-state index contributed by atoms with van der Waals surface area (Å²) in [5.41, 5.74) is -2.25. The molecule has 0 aromatic heterocycles. The molecule has 2 rings (SSSR count). The van der Waals surface area contributed by atoms with E-state index < -0.39 is 35.4 Å². The Hall–Kier alpha value is -2.71. The first-order valence-corrected chi connectivity index (χ1v) is 6.67. The van der Waals surface area contributed by atoms with Gasteiger partial charge in [-0.1, -0.05) is 24.3 Å². The Kier molecular flexibility index (Phi) is 4.96. The largest absolute Gasteiger partial charge is 0.573 e. The van der Waals surface area contributed by atoms with Gasteiger partial charge in [0.15, 0.2) is 0 Å². The molecule has 0 unspecified atom stereocenters. The van der Waals surface area contributed by atoms with Crippen molar-refractivity contribution >= 4 is 5.97 Å². The summed E-state index contributed by atoms with van der Waals surface area (Å²) < 4.78 is 84.6. The number of esters is 1. The van der Waals surface area contributed by atoms with E-state index in [9.17, 15) is 31.1 Å². The summed E-state index contributed by atoms with van der Waals surface area (Å²) in [6.45, 7) is 0. The number of hydrogen-bond donors (Lipinski definition) is 0. The van der Waals surface area contributed by atoms with E-state index in [1.54, 1.807) is 0 Å². The highest BCUT2D eigenvalue weighted by Crippen LogP contribution is 2.38. The molecule has 0 bridgehead atoms. The average Bonchev–Trinajstić information content (AvgIpc) is 2.51. The number of para-hydroxylation sites is 1. The molecule has 0 aliphatic rings. The summed E-state index contributed by atoms with van der Waals surface area (Å²) in [5, 5.41) is 0. The first-order chi connectivity index (χ1) is 11.5. The van der Waals surface area contributed by atoms with Gasteiger partial charge in [-0.2, -0.15) is 13.2 Å². The van der Waals surface area contributed by atoms with Crippen molar-refractivity contribution in [3.63, 3.8) is 0 Å². The first kappa shape index (κ1) is 18.6. The van der Waals surface area contributed by atoms with Crippen LogP contribution in [0, 0.1) is 0 Å². The summed E-state index contributed by atoms with van der Waals surface area (Å²) >= 11 is 0. The lowest BCUT2D eigenvalue weighted by atomic mass is 9.98. The third-order valence-corrected chi connectivity index (χ3v) is 3.15. The number of carbonyl (C=O) groups is 1. The van der Waals surface area contributed by atoms with Gasteiger partial charge in [-0.25, -0.2) is 4.79 Å². The van der Waals surface area contributed by atoms with Crippen LogP contribution in [0.1, 0.15) is 15.9 Å². The number of benzene rings is 2. The molecule has 134 valence electrons. The number of methoxy groups -OCH3 is 1. The maximum atomic E-state index is 13.0. The number of rotatable bonds is 3. The molecule has 2 aromatic carbocycles. The molecule has 0 heterocycles. The lowest BCUT2D eigenvalue weighted by Gasteiger charge is -2.16. The Labute approximate surface area is 137 Å². The van der Waals surface area contributed by atoms with Crippen LogP contribution in [0.2, 0.25) is 0 Å². The van der Waals surface area contributed by atoms with E-state index in [-0.39, 0.29) is 11.1 Å². The van der Waals surface area contributed by atoms with Gasteiger partial charge in [-0.3, -0.25) is 0 Å². The summed E-state index contributed by atoms with van der Waals surface area (Å²) in [7, 11) is 0.899. The summed E-state index contributed by atoms with van der Waals surface area (Å²) in [5.74, 6) is -1.87. The van der Waals surface area contributed by atoms with Crippen LogP contribution in [0.25, 0.3) is 11.1 Å². The first-order valence-electron chi connectivity index (χ1n) is 6.67. The standard InChI is InChI=1S/C16H10F6O3/c1-24-14(23)11-8-9(6-7-12(11)15(17,18)19)10-4-2-3-5-13(10)25-16(20,21)22/h2-8H,1H3. The minimum absolute atomic E-state index is 0.0618. The fraction of sp³-hybridized carbons (Fsp3) is 0.188. The second-order valence-electron chi connectivity index (χ2n) is 4.79. The summed E-state index contributed by atoms with van der Waals surface area (Å²) in [6.07, 6.45) is -9.81. The SMILES string of the molecule is COC(=O)c1cc(-c2ccccc2OC(F)(F)F)ccc1C(F)(F)F. The van der Waals surface area contributed by atoms with Crippen molar-refractivity contribution in [3.05, 3.63) is 53.6 Å². The predicted octanol–water partition coefficient (Wildman–Crippen LogP) is 5.06. The fourth-order valence-electron chi connectivity index (χ4n) is 2.16. The number of alkyl halides is 6. The maximum absolute atomic E-state index is 13.0. The minimum Gasteiger partial charge on any atom is -0.465 e. The molecule has 2 aromatic rings. The number of halogens is 6. The minimum atomic E-state index is -4.98. The Balaban J connectivity index is 2.60. The van der Waals surface area contributed by atoms with E-state index >= 15 is 0 Å². The van der Waals surface area contributed by atoms with Crippen LogP contribution >= 0.6 is 0 Å². The van der Waals surface area contributed by atoms with E-state index in [1.165, 1.54) is 18.2 Å². The van der Waals surface area contributed by atoms with E-state index in [1.807, 2.05) is 0 Å². The van der Waals surface area contributed by atoms with E-state index in [4.69, 9.17) is 0 Å². The summed E-state index contributed by atoms with van der Waals surface area (Å²) in [4.78, 5) is 11.6. The maximum Gasteiger partial charge on any atom is 0.573 e. The molecule has 0 N–H and O–H groups in total. The van der Waals surface area contributed by atoms with Gasteiger partial charge >= 0.3 is 18.5 Å². The van der Waals surface area contributed by atoms with Gasteiger partial charge in [-0.05, 0) is 23.8 Å². The molecule has 0 spiro atoms. The average molecular weight is 364 g/mol. The van der Waals surface area contributed by atoms with Crippen molar-refractivity contribution in [1.82, 2.24) is 0 Å². The topological polar surface area (TPSA) is 35.5 Å². The molecule has 0 aliphatic heterocycles. The van der Waals surface area contributed by atoms with Crippen LogP contribution in [0.5, 0.6) is 5.75 Å². The Morgan fingerprint density at radius 1 is 0.960 bits per heavy atom. The molecule has 0 atom stereocenters. The highest BCUT2D eigenvalue weighted by Gasteiger charge is 2.36. The van der Waals surface area contributed by atoms with Gasteiger partial charge in [-0.15, -0.1) is 13.2 Å². The van der Waals surface area contributed by atoms with Crippen molar-refractivity contribution in [2.75, 3.05) is 7.11 Å². The van der Waals surface area contributed by atoms with E-state index in [2.05, 4.69) is 9.47 Å². The molecule has 9 heteroatoms. The fourth-order valence-corrected chi connectivity index (χ4v) is 2.16. The summed E-state index contributed by atoms with van der Waals surface area (Å²) in [6, 6.07) is 7.26. The van der Waals surface area contributed by atoms with Gasteiger partial charge in [0.2, 0.25) is 0 Å². The highest BCUT2D eigenvalue weighted by atomic mass is 19.4. The van der Waals surface area contributed by atoms with Crippen molar-refractivity contribution in [3.8, 4) is 16.9 Å². The zero-order valence-electron chi connectivity index (χ0n) is 12.5. The molecule has 0 saturated carbocycles. The van der Waals surface area contributed by atoms with Crippen molar-refractivity contribution < 1.29 is 40.6 Å². The quantitative estimate of drug-likeness (QED) is 0.564. The van der Waals surface area contributed by atoms with Crippen LogP contribution in [-0.4, -0.2) is 19.4 Å². The normalized spacial score (nSPS) is 12.0. The van der Waals surface area contributed by atoms with Crippen LogP contribution in [0.4, 0.5) is 26.3 Å². The van der Waals surface area contributed by atoms with Gasteiger partial charge in [0.25, 0.3) is 0 Å². The molecule has 25 heavy (non-hydrogen) atoms. The van der Waals surface area contributed by atoms with Crippen LogP contribution in [0.3, 0.4) is 0 Å². The monoisotopic (exact) mass is 364 g/mol. The Morgan fingerprint density at radius 2 is 1.60 bits per heavy atom. The third kappa shape index (κ3) is 4.43. The van der Waals surface area contributed by atoms with Crippen LogP contribution in [-0.2, 0) is 10.9 Å². The zero-order valence-corrected chi connectivity index (χ0v) is 12.5. The van der Waals surface area contributed by atoms with Crippen LogP contribution in [0.15, 0.2) is 42.5 Å². The Bertz CT molecular complexity index is 780. The highest BCUT2D eigenvalue weighted by molar-refractivity contribution is 5.93. The van der Waals surface area contributed by atoms with Crippen molar-refractivity contribution in [2.24, 2.45) is 0 Å². The van der Waals surface area contributed by atoms with Crippen LogP contribution < -0.4 is 4.74 Å². The second kappa shape index (κ2) is 6.66. The zero-order chi connectivity index (χ0) is 18.8. The predicted molar refractivity (Wildman–Crippen MR) is 74.9 cm³/mol. The van der Waals surface area contributed by atoms with Gasteiger partial charge in [0, 0.05) is 5.56 Å². The molecule has 0 saturated heterocycles. The number of hydrogen-bond acceptors (Lipinski definition) is 3. The second-order valence-corrected chi connectivity index (χ2v) is 4.79. The smallest absolute Gasteiger partial charge is 0.465 e. The molecular weight excluding hydrogens is 354 g/mol. The molecule has 0 radical (unpaired) electrons. The molecular formula is C16H10F6O3. The van der Waals surface area contributed by atoms with Gasteiger partial charge in [0.1, 0.15) is 5.75 Å². The molecule has 0 amide bonds. The molecule has 3 nitrogen and oxygen atoms in total. The third-order valence-electron chi connectivity index (χ3n) is 3.15. The Morgan fingerprint density at radius 3 is 2.16 bits per heavy atom. The lowest BCUT2D eigenvalue weighted by molar-refractivity contribution is -0.274. The van der Waals surface area contributed by atoms with Crippen molar-refractivity contribution in [1.29, 1.82) is 0 Å². The van der Waals surface area contributed by atoms with Gasteiger partial charge in [0.05, 0.1) is 18.2 Å². The number of ether oxygens (including phenoxy) is 2. The van der Waals surface area contributed by atoms with Gasteiger partial charge < -0.3 is 9.47 Å². The van der Waals surface area contributed by atoms with Crippen molar-refractivity contribution in [2.45, 2.75) is 12.5 Å². The molecule has 0 aliphatic carbocycles. The molecule has 0 fully saturated rings. The lowest BCUT2D eigenvalue weighted by Crippen LogP contribution is -2.17. The van der Waals surface area contributed by atoms with E-state index in [0.717, 1.165) is 25.3 Å².